The summed E-state index contributed by atoms with van der Waals surface area (Å²) in [6.07, 6.45) is 8.35. The maximum Gasteiger partial charge on any atom is 0.226 e. The van der Waals surface area contributed by atoms with Crippen LogP contribution in [0.3, 0.4) is 0 Å². The molecule has 0 N–H and O–H groups in total. The molecule has 1 amide bonds. The average Bonchev–Trinajstić information content (AvgIpc) is 3.61. The van der Waals surface area contributed by atoms with Gasteiger partial charge in [0.15, 0.2) is 0 Å². The van der Waals surface area contributed by atoms with E-state index in [-0.39, 0.29) is 18.1 Å². The van der Waals surface area contributed by atoms with E-state index >= 15 is 0 Å². The third kappa shape index (κ3) is 6.23. The van der Waals surface area contributed by atoms with Gasteiger partial charge in [-0.3, -0.25) is 4.79 Å². The molecule has 1 aromatic heterocycles. The molecule has 0 radical (unpaired) electrons. The second kappa shape index (κ2) is 11.1. The Labute approximate surface area is 201 Å². The Morgan fingerprint density at radius 2 is 1.94 bits per heavy atom. The van der Waals surface area contributed by atoms with E-state index in [1.165, 1.54) is 30.2 Å². The van der Waals surface area contributed by atoms with Crippen LogP contribution in [-0.4, -0.2) is 61.7 Å². The minimum Gasteiger partial charge on any atom is -0.493 e. The summed E-state index contributed by atoms with van der Waals surface area (Å²) in [7, 11) is 5.01. The topological polar surface area (TPSA) is 67.8 Å². The monoisotopic (exact) mass is 470 g/mol. The van der Waals surface area contributed by atoms with Gasteiger partial charge in [0.25, 0.3) is 0 Å². The molecule has 2 heterocycles. The molecule has 0 bridgehead atoms. The number of likely N-dealkylation sites (N-methyl/N-ethyl adjacent to an activating group) is 1. The highest BCUT2D eigenvalue weighted by atomic mass is 19.1. The van der Waals surface area contributed by atoms with E-state index in [9.17, 15) is 9.18 Å². The van der Waals surface area contributed by atoms with Crippen molar-refractivity contribution in [3.05, 3.63) is 47.5 Å². The van der Waals surface area contributed by atoms with E-state index in [1.54, 1.807) is 33.3 Å². The minimum atomic E-state index is -0.388. The molecule has 7 nitrogen and oxygen atoms in total. The van der Waals surface area contributed by atoms with Crippen LogP contribution in [-0.2, 0) is 22.6 Å². The van der Waals surface area contributed by atoms with Crippen molar-refractivity contribution in [3.63, 3.8) is 0 Å². The summed E-state index contributed by atoms with van der Waals surface area (Å²) >= 11 is 0. The Kier molecular flexibility index (Phi) is 7.98. The molecule has 1 saturated carbocycles. The largest absolute Gasteiger partial charge is 0.493 e. The van der Waals surface area contributed by atoms with Crippen molar-refractivity contribution in [1.29, 1.82) is 0 Å². The second-order valence-electron chi connectivity index (χ2n) is 9.66. The number of methoxy groups -OCH3 is 1. The van der Waals surface area contributed by atoms with Crippen LogP contribution in [0.25, 0.3) is 0 Å². The number of amides is 1. The van der Waals surface area contributed by atoms with Crippen LogP contribution >= 0.6 is 0 Å². The Balaban J connectivity index is 1.16. The molecular weight excluding hydrogens is 435 g/mol. The number of benzene rings is 1. The fourth-order valence-corrected chi connectivity index (χ4v) is 4.87. The number of carbonyl (C=O) groups is 1. The zero-order valence-electron chi connectivity index (χ0n) is 20.4. The molecular formula is C26H35FN4O3. The summed E-state index contributed by atoms with van der Waals surface area (Å²) in [5, 5.41) is 0. The molecule has 0 spiro atoms. The predicted molar refractivity (Wildman–Crippen MR) is 128 cm³/mol. The summed E-state index contributed by atoms with van der Waals surface area (Å²) < 4.78 is 25.3. The number of rotatable bonds is 10. The van der Waals surface area contributed by atoms with Gasteiger partial charge in [-0.25, -0.2) is 14.4 Å². The van der Waals surface area contributed by atoms with Crippen LogP contribution in [0.2, 0.25) is 0 Å². The van der Waals surface area contributed by atoms with Gasteiger partial charge in [-0.2, -0.15) is 0 Å². The van der Waals surface area contributed by atoms with E-state index < -0.39 is 0 Å². The lowest BCUT2D eigenvalue weighted by Crippen LogP contribution is -2.35. The van der Waals surface area contributed by atoms with Gasteiger partial charge in [-0.15, -0.1) is 0 Å². The average molecular weight is 471 g/mol. The SMILES string of the molecule is COCc1cnc(N2CCC(C3CC3CCOc3ccc(CC(=O)N(C)C)c(F)c3)CC2)nc1. The van der Waals surface area contributed by atoms with Gasteiger partial charge in [0.2, 0.25) is 11.9 Å². The highest BCUT2D eigenvalue weighted by Gasteiger charge is 2.43. The molecule has 2 aliphatic rings. The molecule has 8 heteroatoms. The maximum absolute atomic E-state index is 14.3. The first-order chi connectivity index (χ1) is 16.4. The Bertz CT molecular complexity index is 961. The lowest BCUT2D eigenvalue weighted by atomic mass is 9.90. The molecule has 4 rings (SSSR count). The van der Waals surface area contributed by atoms with Crippen LogP contribution in [0.15, 0.2) is 30.6 Å². The van der Waals surface area contributed by atoms with Crippen LogP contribution in [0.1, 0.15) is 36.8 Å². The molecule has 2 aromatic rings. The molecule has 1 aliphatic carbocycles. The normalized spacial score (nSPS) is 20.3. The Morgan fingerprint density at radius 3 is 2.59 bits per heavy atom. The molecule has 1 saturated heterocycles. The van der Waals surface area contributed by atoms with Gasteiger partial charge in [-0.05, 0) is 55.1 Å². The van der Waals surface area contributed by atoms with Crippen molar-refractivity contribution in [3.8, 4) is 5.75 Å². The zero-order chi connectivity index (χ0) is 24.1. The number of nitrogens with zero attached hydrogens (tertiary/aromatic N) is 4. The molecule has 2 unspecified atom stereocenters. The smallest absolute Gasteiger partial charge is 0.226 e. The fourth-order valence-electron chi connectivity index (χ4n) is 4.87. The van der Waals surface area contributed by atoms with Crippen molar-refractivity contribution in [2.24, 2.45) is 17.8 Å². The van der Waals surface area contributed by atoms with Gasteiger partial charge in [0.1, 0.15) is 11.6 Å². The first-order valence-electron chi connectivity index (χ1n) is 12.1. The maximum atomic E-state index is 14.3. The summed E-state index contributed by atoms with van der Waals surface area (Å²) in [4.78, 5) is 24.5. The first kappa shape index (κ1) is 24.4. The molecule has 34 heavy (non-hydrogen) atoms. The van der Waals surface area contributed by atoms with E-state index in [4.69, 9.17) is 9.47 Å². The number of anilines is 1. The number of halogens is 1. The lowest BCUT2D eigenvalue weighted by Gasteiger charge is -2.32. The van der Waals surface area contributed by atoms with E-state index in [0.717, 1.165) is 42.9 Å². The predicted octanol–water partition coefficient (Wildman–Crippen LogP) is 3.71. The number of hydrogen-bond donors (Lipinski definition) is 0. The molecule has 2 fully saturated rings. The van der Waals surface area contributed by atoms with Crippen LogP contribution < -0.4 is 9.64 Å². The van der Waals surface area contributed by atoms with E-state index in [2.05, 4.69) is 14.9 Å². The number of hydrogen-bond acceptors (Lipinski definition) is 6. The molecule has 1 aliphatic heterocycles. The summed E-state index contributed by atoms with van der Waals surface area (Å²) in [6, 6.07) is 4.79. The zero-order valence-corrected chi connectivity index (χ0v) is 20.4. The van der Waals surface area contributed by atoms with Gasteiger partial charge in [0.05, 0.1) is 19.6 Å². The van der Waals surface area contributed by atoms with Crippen molar-refractivity contribution >= 4 is 11.9 Å². The molecule has 184 valence electrons. The van der Waals surface area contributed by atoms with Gasteiger partial charge >= 0.3 is 0 Å². The number of ether oxygens (including phenoxy) is 2. The Morgan fingerprint density at radius 1 is 1.21 bits per heavy atom. The van der Waals surface area contributed by atoms with Crippen molar-refractivity contribution in [1.82, 2.24) is 14.9 Å². The highest BCUT2D eigenvalue weighted by molar-refractivity contribution is 5.78. The number of carbonyl (C=O) groups excluding carboxylic acids is 1. The minimum absolute atomic E-state index is 0.0624. The van der Waals surface area contributed by atoms with E-state index in [1.807, 2.05) is 12.4 Å². The first-order valence-corrected chi connectivity index (χ1v) is 12.1. The third-order valence-corrected chi connectivity index (χ3v) is 7.03. The quantitative estimate of drug-likeness (QED) is 0.527. The summed E-state index contributed by atoms with van der Waals surface area (Å²) in [6.45, 7) is 3.12. The Hall–Kier alpha value is -2.74. The van der Waals surface area contributed by atoms with Crippen molar-refractivity contribution in [2.75, 3.05) is 45.8 Å². The fraction of sp³-hybridized carbons (Fsp3) is 0.577. The number of piperidine rings is 1. The van der Waals surface area contributed by atoms with Crippen LogP contribution in [0.4, 0.5) is 10.3 Å². The van der Waals surface area contributed by atoms with Crippen LogP contribution in [0.5, 0.6) is 5.75 Å². The summed E-state index contributed by atoms with van der Waals surface area (Å²) in [5.41, 5.74) is 1.39. The second-order valence-corrected chi connectivity index (χ2v) is 9.66. The lowest BCUT2D eigenvalue weighted by molar-refractivity contribution is -0.128. The van der Waals surface area contributed by atoms with Crippen LogP contribution in [0, 0.1) is 23.6 Å². The van der Waals surface area contributed by atoms with Gasteiger partial charge in [0, 0.05) is 58.3 Å². The third-order valence-electron chi connectivity index (χ3n) is 7.03. The van der Waals surface area contributed by atoms with Gasteiger partial charge in [-0.1, -0.05) is 6.07 Å². The number of aromatic nitrogens is 2. The van der Waals surface area contributed by atoms with Crippen molar-refractivity contribution in [2.45, 2.75) is 38.7 Å². The highest BCUT2D eigenvalue weighted by Crippen LogP contribution is 2.49. The molecule has 1 aromatic carbocycles. The van der Waals surface area contributed by atoms with Crippen molar-refractivity contribution < 1.29 is 18.7 Å². The summed E-state index contributed by atoms with van der Waals surface area (Å²) in [5.74, 6) is 3.05. The molecule has 2 atom stereocenters. The standard InChI is InChI=1S/C26H35FN4O3/c1-30(2)25(32)13-21-4-5-22(14-24(21)27)34-11-8-20-12-23(20)19-6-9-31(10-7-19)26-28-15-18(16-29-26)17-33-3/h4-5,14-16,19-20,23H,6-13,17H2,1-3H3. The van der Waals surface area contributed by atoms with E-state index in [0.29, 0.717) is 30.4 Å². The van der Waals surface area contributed by atoms with Gasteiger partial charge < -0.3 is 19.3 Å².